The molecule has 1 aliphatic rings. The highest BCUT2D eigenvalue weighted by molar-refractivity contribution is 9.10. The molecule has 1 aliphatic heterocycles. The van der Waals surface area contributed by atoms with E-state index in [1.807, 2.05) is 6.07 Å². The molecule has 2 aromatic carbocycles. The number of hydrogen-bond donors (Lipinski definition) is 1. The first-order valence-corrected chi connectivity index (χ1v) is 7.57. The van der Waals surface area contributed by atoms with Crippen LogP contribution in [0.15, 0.2) is 34.8 Å². The molecule has 0 unspecified atom stereocenters. The van der Waals surface area contributed by atoms with Gasteiger partial charge in [0.15, 0.2) is 11.5 Å². The minimum Gasteiger partial charge on any atom is -0.486 e. The molecule has 0 aromatic heterocycles. The molecular weight excluding hydrogens is 361 g/mol. The first kappa shape index (κ1) is 14.5. The van der Waals surface area contributed by atoms with Crippen molar-refractivity contribution >= 4 is 33.2 Å². The fourth-order valence-electron chi connectivity index (χ4n) is 2.05. The fourth-order valence-corrected chi connectivity index (χ4v) is 2.51. The standard InChI is InChI=1S/C15H12BrClFNO2/c16-10-2-1-9(5-12(10)18)8-19-13-7-15-14(6-11(13)17)20-3-4-21-15/h1-2,5-7,19H,3-4,8H2. The number of benzene rings is 2. The lowest BCUT2D eigenvalue weighted by atomic mass is 10.2. The molecule has 2 aromatic rings. The number of ether oxygens (including phenoxy) is 2. The Kier molecular flexibility index (Phi) is 4.22. The van der Waals surface area contributed by atoms with E-state index in [1.165, 1.54) is 6.07 Å². The van der Waals surface area contributed by atoms with Crippen LogP contribution in [0.3, 0.4) is 0 Å². The van der Waals surface area contributed by atoms with E-state index in [9.17, 15) is 4.39 Å². The van der Waals surface area contributed by atoms with Gasteiger partial charge < -0.3 is 14.8 Å². The minimum atomic E-state index is -0.289. The zero-order valence-electron chi connectivity index (χ0n) is 11.0. The van der Waals surface area contributed by atoms with Crippen LogP contribution in [0.5, 0.6) is 11.5 Å². The van der Waals surface area contributed by atoms with Crippen LogP contribution in [0.2, 0.25) is 5.02 Å². The summed E-state index contributed by atoms with van der Waals surface area (Å²) < 4.78 is 24.9. The molecule has 0 radical (unpaired) electrons. The number of hydrogen-bond acceptors (Lipinski definition) is 3. The summed E-state index contributed by atoms with van der Waals surface area (Å²) in [7, 11) is 0. The smallest absolute Gasteiger partial charge is 0.163 e. The van der Waals surface area contributed by atoms with Gasteiger partial charge in [-0.25, -0.2) is 4.39 Å². The van der Waals surface area contributed by atoms with Crippen LogP contribution in [-0.4, -0.2) is 13.2 Å². The van der Waals surface area contributed by atoms with Gasteiger partial charge in [-0.1, -0.05) is 17.7 Å². The number of anilines is 1. The van der Waals surface area contributed by atoms with E-state index in [0.29, 0.717) is 40.8 Å². The molecule has 0 amide bonds. The van der Waals surface area contributed by atoms with Crippen molar-refractivity contribution in [1.29, 1.82) is 0 Å². The van der Waals surface area contributed by atoms with E-state index in [1.54, 1.807) is 18.2 Å². The maximum absolute atomic E-state index is 13.5. The van der Waals surface area contributed by atoms with Crippen molar-refractivity contribution in [2.45, 2.75) is 6.54 Å². The van der Waals surface area contributed by atoms with Crippen molar-refractivity contribution in [3.05, 3.63) is 51.2 Å². The Bertz CT molecular complexity index is 681. The second-order valence-corrected chi connectivity index (χ2v) is 5.84. The summed E-state index contributed by atoms with van der Waals surface area (Å²) >= 11 is 9.34. The summed E-state index contributed by atoms with van der Waals surface area (Å²) in [6.45, 7) is 1.50. The monoisotopic (exact) mass is 371 g/mol. The van der Waals surface area contributed by atoms with Crippen molar-refractivity contribution in [2.24, 2.45) is 0 Å². The lowest BCUT2D eigenvalue weighted by Gasteiger charge is -2.20. The Morgan fingerprint density at radius 2 is 1.86 bits per heavy atom. The van der Waals surface area contributed by atoms with Gasteiger partial charge in [-0.15, -0.1) is 0 Å². The number of fused-ring (bicyclic) bond motifs is 1. The molecule has 6 heteroatoms. The molecule has 1 N–H and O–H groups in total. The lowest BCUT2D eigenvalue weighted by Crippen LogP contribution is -2.15. The van der Waals surface area contributed by atoms with Crippen LogP contribution < -0.4 is 14.8 Å². The molecule has 110 valence electrons. The van der Waals surface area contributed by atoms with E-state index < -0.39 is 0 Å². The SMILES string of the molecule is Fc1cc(CNc2cc3c(cc2Cl)OCCO3)ccc1Br. The van der Waals surface area contributed by atoms with Gasteiger partial charge >= 0.3 is 0 Å². The molecule has 0 bridgehead atoms. The summed E-state index contributed by atoms with van der Waals surface area (Å²) in [6, 6.07) is 8.51. The second-order valence-electron chi connectivity index (χ2n) is 4.58. The van der Waals surface area contributed by atoms with Crippen LogP contribution in [0, 0.1) is 5.82 Å². The first-order valence-electron chi connectivity index (χ1n) is 6.40. The molecular formula is C15H12BrClFNO2. The quantitative estimate of drug-likeness (QED) is 0.852. The zero-order valence-corrected chi connectivity index (χ0v) is 13.3. The van der Waals surface area contributed by atoms with Gasteiger partial charge in [0.2, 0.25) is 0 Å². The third kappa shape index (κ3) is 3.24. The molecule has 0 saturated carbocycles. The largest absolute Gasteiger partial charge is 0.486 e. The van der Waals surface area contributed by atoms with E-state index in [0.717, 1.165) is 11.3 Å². The molecule has 0 atom stereocenters. The van der Waals surface area contributed by atoms with E-state index in [2.05, 4.69) is 21.2 Å². The Morgan fingerprint density at radius 3 is 2.57 bits per heavy atom. The van der Waals surface area contributed by atoms with Crippen LogP contribution in [-0.2, 0) is 6.54 Å². The average Bonchev–Trinajstić information content (AvgIpc) is 2.48. The third-order valence-corrected chi connectivity index (χ3v) is 4.05. The van der Waals surface area contributed by atoms with Gasteiger partial charge in [-0.3, -0.25) is 0 Å². The molecule has 21 heavy (non-hydrogen) atoms. The van der Waals surface area contributed by atoms with Gasteiger partial charge in [-0.2, -0.15) is 0 Å². The fraction of sp³-hybridized carbons (Fsp3) is 0.200. The summed E-state index contributed by atoms with van der Waals surface area (Å²) in [5, 5.41) is 3.72. The molecule has 3 nitrogen and oxygen atoms in total. The Balaban J connectivity index is 1.77. The molecule has 0 saturated heterocycles. The normalized spacial score (nSPS) is 13.1. The van der Waals surface area contributed by atoms with Crippen molar-refractivity contribution in [3.8, 4) is 11.5 Å². The predicted molar refractivity (Wildman–Crippen MR) is 83.9 cm³/mol. The van der Waals surface area contributed by atoms with Gasteiger partial charge in [0, 0.05) is 18.7 Å². The molecule has 0 fully saturated rings. The highest BCUT2D eigenvalue weighted by Crippen LogP contribution is 2.38. The van der Waals surface area contributed by atoms with E-state index in [4.69, 9.17) is 21.1 Å². The van der Waals surface area contributed by atoms with Gasteiger partial charge in [0.05, 0.1) is 15.2 Å². The summed E-state index contributed by atoms with van der Waals surface area (Å²) in [5.41, 5.74) is 1.55. The van der Waals surface area contributed by atoms with Gasteiger partial charge in [0.1, 0.15) is 19.0 Å². The minimum absolute atomic E-state index is 0.289. The summed E-state index contributed by atoms with van der Waals surface area (Å²) in [5.74, 6) is 1.02. The van der Waals surface area contributed by atoms with Gasteiger partial charge in [-0.05, 0) is 33.6 Å². The number of halogens is 3. The average molecular weight is 373 g/mol. The Labute approximate surface area is 135 Å². The van der Waals surface area contributed by atoms with Gasteiger partial charge in [0.25, 0.3) is 0 Å². The first-order chi connectivity index (χ1) is 10.1. The summed E-state index contributed by atoms with van der Waals surface area (Å²) in [4.78, 5) is 0. The van der Waals surface area contributed by atoms with Crippen molar-refractivity contribution in [1.82, 2.24) is 0 Å². The number of nitrogens with one attached hydrogen (secondary N) is 1. The topological polar surface area (TPSA) is 30.5 Å². The molecule has 0 spiro atoms. The molecule has 3 rings (SSSR count). The highest BCUT2D eigenvalue weighted by Gasteiger charge is 2.15. The summed E-state index contributed by atoms with van der Waals surface area (Å²) in [6.07, 6.45) is 0. The Morgan fingerprint density at radius 1 is 1.14 bits per heavy atom. The van der Waals surface area contributed by atoms with E-state index >= 15 is 0 Å². The van der Waals surface area contributed by atoms with E-state index in [-0.39, 0.29) is 5.82 Å². The highest BCUT2D eigenvalue weighted by atomic mass is 79.9. The van der Waals surface area contributed by atoms with Crippen LogP contribution in [0.1, 0.15) is 5.56 Å². The maximum Gasteiger partial charge on any atom is 0.163 e. The zero-order chi connectivity index (χ0) is 14.8. The predicted octanol–water partition coefficient (Wildman–Crippen LogP) is 4.62. The maximum atomic E-state index is 13.5. The Hall–Kier alpha value is -1.46. The van der Waals surface area contributed by atoms with Crippen LogP contribution in [0.4, 0.5) is 10.1 Å². The lowest BCUT2D eigenvalue weighted by molar-refractivity contribution is 0.171. The van der Waals surface area contributed by atoms with Crippen molar-refractivity contribution < 1.29 is 13.9 Å². The molecule has 0 aliphatic carbocycles. The third-order valence-electron chi connectivity index (χ3n) is 3.10. The van der Waals surface area contributed by atoms with Crippen LogP contribution >= 0.6 is 27.5 Å². The van der Waals surface area contributed by atoms with Crippen LogP contribution in [0.25, 0.3) is 0 Å². The van der Waals surface area contributed by atoms with Crippen molar-refractivity contribution in [3.63, 3.8) is 0 Å². The van der Waals surface area contributed by atoms with Crippen molar-refractivity contribution in [2.75, 3.05) is 18.5 Å². The molecule has 1 heterocycles. The second kappa shape index (κ2) is 6.12. The number of rotatable bonds is 3.